The van der Waals surface area contributed by atoms with E-state index in [0.717, 1.165) is 44.4 Å². The molecule has 0 aliphatic carbocycles. The van der Waals surface area contributed by atoms with Gasteiger partial charge in [-0.05, 0) is 65.0 Å². The summed E-state index contributed by atoms with van der Waals surface area (Å²) in [6.45, 7) is 0. The summed E-state index contributed by atoms with van der Waals surface area (Å²) in [4.78, 5) is 2.27. The van der Waals surface area contributed by atoms with Crippen molar-refractivity contribution in [3.63, 3.8) is 0 Å². The van der Waals surface area contributed by atoms with Crippen molar-refractivity contribution >= 4 is 49.8 Å². The Balaban J connectivity index is 1.26. The van der Waals surface area contributed by atoms with E-state index in [2.05, 4.69) is 102 Å². The lowest BCUT2D eigenvalue weighted by Crippen LogP contribution is -2.11. The minimum Gasteiger partial charge on any atom is -0.456 e. The molecule has 4 nitrogen and oxygen atoms in total. The van der Waals surface area contributed by atoms with E-state index >= 15 is 0 Å². The molecule has 7 aromatic carbocycles. The standard InChI is InChI=1S/C40H25NO3/c1-2-10-26(11-3-1)29-21-22-34(31-13-5-4-12-30(29)31)41(27-18-20-33-32-14-6-7-15-35(32)42-39(33)24-27)28-19-23-38-40(25-28)44-37-17-9-8-16-36(37)43-38/h1-25H. The average molecular weight is 568 g/mol. The van der Waals surface area contributed by atoms with Crippen LogP contribution in [0.1, 0.15) is 0 Å². The number of hydrogen-bond acceptors (Lipinski definition) is 4. The van der Waals surface area contributed by atoms with Crippen molar-refractivity contribution in [3.8, 4) is 34.1 Å². The SMILES string of the molecule is c1ccc(-c2ccc(N(c3ccc4c(c3)Oc3ccccc3O4)c3ccc4c(c3)oc3ccccc34)c3ccccc23)cc1. The third-order valence-electron chi connectivity index (χ3n) is 8.32. The molecule has 4 heteroatoms. The van der Waals surface area contributed by atoms with E-state index in [0.29, 0.717) is 23.0 Å². The van der Waals surface area contributed by atoms with Crippen LogP contribution in [-0.4, -0.2) is 0 Å². The van der Waals surface area contributed by atoms with Crippen LogP contribution in [0.5, 0.6) is 23.0 Å². The van der Waals surface area contributed by atoms with Crippen LogP contribution in [0.15, 0.2) is 156 Å². The molecule has 1 aliphatic heterocycles. The lowest BCUT2D eigenvalue weighted by atomic mass is 9.96. The Morgan fingerprint density at radius 1 is 0.386 bits per heavy atom. The van der Waals surface area contributed by atoms with Crippen LogP contribution in [-0.2, 0) is 0 Å². The smallest absolute Gasteiger partial charge is 0.172 e. The van der Waals surface area contributed by atoms with Crippen LogP contribution in [0.25, 0.3) is 43.8 Å². The molecule has 0 saturated heterocycles. The van der Waals surface area contributed by atoms with Gasteiger partial charge in [-0.15, -0.1) is 0 Å². The van der Waals surface area contributed by atoms with Crippen LogP contribution in [0.2, 0.25) is 0 Å². The van der Waals surface area contributed by atoms with E-state index in [-0.39, 0.29) is 0 Å². The highest BCUT2D eigenvalue weighted by atomic mass is 16.6. The van der Waals surface area contributed by atoms with Gasteiger partial charge in [-0.1, -0.05) is 91.0 Å². The maximum atomic E-state index is 6.34. The second-order valence-corrected chi connectivity index (χ2v) is 10.9. The Morgan fingerprint density at radius 2 is 1.00 bits per heavy atom. The number of anilines is 3. The highest BCUT2D eigenvalue weighted by Gasteiger charge is 2.23. The molecule has 0 amide bonds. The number of ether oxygens (including phenoxy) is 2. The first-order chi connectivity index (χ1) is 21.8. The van der Waals surface area contributed by atoms with E-state index < -0.39 is 0 Å². The molecule has 0 unspecified atom stereocenters. The topological polar surface area (TPSA) is 34.8 Å². The van der Waals surface area contributed by atoms with Gasteiger partial charge in [-0.2, -0.15) is 0 Å². The molecule has 9 rings (SSSR count). The number of rotatable bonds is 4. The van der Waals surface area contributed by atoms with E-state index in [1.54, 1.807) is 0 Å². The fourth-order valence-corrected chi connectivity index (χ4v) is 6.28. The summed E-state index contributed by atoms with van der Waals surface area (Å²) >= 11 is 0. The van der Waals surface area contributed by atoms with Gasteiger partial charge in [0.15, 0.2) is 23.0 Å². The molecular weight excluding hydrogens is 542 g/mol. The molecule has 0 spiro atoms. The van der Waals surface area contributed by atoms with Gasteiger partial charge in [0, 0.05) is 34.0 Å². The zero-order valence-electron chi connectivity index (χ0n) is 23.6. The monoisotopic (exact) mass is 567 g/mol. The zero-order chi connectivity index (χ0) is 29.0. The van der Waals surface area contributed by atoms with Gasteiger partial charge >= 0.3 is 0 Å². The molecule has 0 saturated carbocycles. The Labute approximate surface area is 253 Å². The largest absolute Gasteiger partial charge is 0.456 e. The molecule has 208 valence electrons. The normalized spacial score (nSPS) is 12.0. The van der Waals surface area contributed by atoms with Crippen molar-refractivity contribution in [3.05, 3.63) is 152 Å². The number of benzene rings is 7. The summed E-state index contributed by atoms with van der Waals surface area (Å²) in [6, 6.07) is 52.0. The van der Waals surface area contributed by atoms with E-state index in [9.17, 15) is 0 Å². The molecule has 8 aromatic rings. The molecule has 0 fully saturated rings. The van der Waals surface area contributed by atoms with E-state index in [1.165, 1.54) is 16.5 Å². The molecule has 0 atom stereocenters. The molecule has 0 N–H and O–H groups in total. The minimum atomic E-state index is 0.668. The van der Waals surface area contributed by atoms with Crippen LogP contribution in [0.3, 0.4) is 0 Å². The molecule has 1 aromatic heterocycles. The average Bonchev–Trinajstić information content (AvgIpc) is 3.46. The summed E-state index contributed by atoms with van der Waals surface area (Å²) < 4.78 is 18.9. The van der Waals surface area contributed by atoms with Gasteiger partial charge in [-0.3, -0.25) is 0 Å². The van der Waals surface area contributed by atoms with Crippen molar-refractivity contribution in [2.24, 2.45) is 0 Å². The molecule has 0 radical (unpaired) electrons. The van der Waals surface area contributed by atoms with Crippen LogP contribution < -0.4 is 14.4 Å². The van der Waals surface area contributed by atoms with Crippen molar-refractivity contribution in [2.75, 3.05) is 4.90 Å². The molecule has 1 aliphatic rings. The van der Waals surface area contributed by atoms with Crippen LogP contribution in [0, 0.1) is 0 Å². The Bertz CT molecular complexity index is 2360. The minimum absolute atomic E-state index is 0.668. The lowest BCUT2D eigenvalue weighted by molar-refractivity contribution is 0.360. The third kappa shape index (κ3) is 3.92. The predicted octanol–water partition coefficient (Wildman–Crippen LogP) is 11.8. The number of para-hydroxylation sites is 3. The summed E-state index contributed by atoms with van der Waals surface area (Å²) in [6.07, 6.45) is 0. The zero-order valence-corrected chi connectivity index (χ0v) is 23.6. The first-order valence-corrected chi connectivity index (χ1v) is 14.7. The fraction of sp³-hybridized carbons (Fsp3) is 0. The van der Waals surface area contributed by atoms with Crippen LogP contribution in [0.4, 0.5) is 17.1 Å². The van der Waals surface area contributed by atoms with Crippen molar-refractivity contribution in [2.45, 2.75) is 0 Å². The summed E-state index contributed by atoms with van der Waals surface area (Å²) in [5.74, 6) is 2.76. The third-order valence-corrected chi connectivity index (χ3v) is 8.32. The van der Waals surface area contributed by atoms with E-state index in [1.807, 2.05) is 54.6 Å². The Kier molecular flexibility index (Phi) is 5.47. The maximum absolute atomic E-state index is 6.34. The van der Waals surface area contributed by atoms with Gasteiger partial charge in [0.1, 0.15) is 11.2 Å². The summed E-state index contributed by atoms with van der Waals surface area (Å²) in [5, 5.41) is 4.51. The highest BCUT2D eigenvalue weighted by molar-refractivity contribution is 6.08. The summed E-state index contributed by atoms with van der Waals surface area (Å²) in [5.41, 5.74) is 7.06. The summed E-state index contributed by atoms with van der Waals surface area (Å²) in [7, 11) is 0. The Hall–Kier alpha value is -6.00. The van der Waals surface area contributed by atoms with Crippen LogP contribution >= 0.6 is 0 Å². The quantitative estimate of drug-likeness (QED) is 0.212. The van der Waals surface area contributed by atoms with Gasteiger partial charge in [0.05, 0.1) is 11.4 Å². The van der Waals surface area contributed by atoms with Crippen molar-refractivity contribution in [1.82, 2.24) is 0 Å². The number of hydrogen-bond donors (Lipinski definition) is 0. The number of fused-ring (bicyclic) bond motifs is 6. The van der Waals surface area contributed by atoms with Gasteiger partial charge in [0.25, 0.3) is 0 Å². The second-order valence-electron chi connectivity index (χ2n) is 10.9. The van der Waals surface area contributed by atoms with Gasteiger partial charge in [0.2, 0.25) is 0 Å². The lowest BCUT2D eigenvalue weighted by Gasteiger charge is -2.29. The number of nitrogens with zero attached hydrogens (tertiary/aromatic N) is 1. The molecule has 2 heterocycles. The maximum Gasteiger partial charge on any atom is 0.172 e. The second kappa shape index (κ2) is 9.79. The van der Waals surface area contributed by atoms with E-state index in [4.69, 9.17) is 13.9 Å². The highest BCUT2D eigenvalue weighted by Crippen LogP contribution is 2.49. The molecule has 44 heavy (non-hydrogen) atoms. The first-order valence-electron chi connectivity index (χ1n) is 14.7. The number of furan rings is 1. The molecule has 0 bridgehead atoms. The Morgan fingerprint density at radius 3 is 1.84 bits per heavy atom. The first kappa shape index (κ1) is 24.6. The predicted molar refractivity (Wildman–Crippen MR) is 178 cm³/mol. The van der Waals surface area contributed by atoms with Crippen molar-refractivity contribution < 1.29 is 13.9 Å². The van der Waals surface area contributed by atoms with Gasteiger partial charge in [-0.25, -0.2) is 0 Å². The van der Waals surface area contributed by atoms with Gasteiger partial charge < -0.3 is 18.8 Å². The fourth-order valence-electron chi connectivity index (χ4n) is 6.28. The van der Waals surface area contributed by atoms with Crippen molar-refractivity contribution in [1.29, 1.82) is 0 Å². The molecular formula is C40H25NO3.